The Morgan fingerprint density at radius 3 is 1.94 bits per heavy atom. The van der Waals surface area contributed by atoms with E-state index in [-0.39, 0.29) is 5.91 Å². The topological polar surface area (TPSA) is 94.9 Å². The molecule has 2 N–H and O–H groups in total. The Labute approximate surface area is 92.5 Å². The fourth-order valence-corrected chi connectivity index (χ4v) is 1.00. The summed E-state index contributed by atoms with van der Waals surface area (Å²) >= 11 is 0. The average molecular weight is 227 g/mol. The molecule has 0 aromatic heterocycles. The zero-order valence-electron chi connectivity index (χ0n) is 8.63. The van der Waals surface area contributed by atoms with Gasteiger partial charge in [-0.05, 0) is 12.6 Å². The van der Waals surface area contributed by atoms with Gasteiger partial charge in [0.25, 0.3) is 0 Å². The largest absolute Gasteiger partial charge is 0.478 e. The number of carbonyl (C=O) groups excluding carboxylic acids is 1. The molecule has 0 aromatic carbocycles. The van der Waals surface area contributed by atoms with Crippen LogP contribution in [0.5, 0.6) is 0 Å². The van der Waals surface area contributed by atoms with Crippen LogP contribution >= 0.6 is 0 Å². The highest BCUT2D eigenvalue weighted by Crippen LogP contribution is 2.08. The van der Waals surface area contributed by atoms with E-state index in [0.717, 1.165) is 13.0 Å². The second kappa shape index (κ2) is 7.22. The average Bonchev–Trinajstić information content (AvgIpc) is 2.61. The van der Waals surface area contributed by atoms with Crippen molar-refractivity contribution < 1.29 is 24.6 Å². The lowest BCUT2D eigenvalue weighted by Crippen LogP contribution is -2.16. The number of carbonyl (C=O) groups is 3. The van der Waals surface area contributed by atoms with Gasteiger partial charge < -0.3 is 15.1 Å². The summed E-state index contributed by atoms with van der Waals surface area (Å²) in [7, 11) is 0. The van der Waals surface area contributed by atoms with Crippen LogP contribution in [0, 0.1) is 0 Å². The van der Waals surface area contributed by atoms with Crippen molar-refractivity contribution in [1.29, 1.82) is 0 Å². The maximum Gasteiger partial charge on any atom is 0.328 e. The Hall–Kier alpha value is -2.11. The summed E-state index contributed by atoms with van der Waals surface area (Å²) < 4.78 is 0. The number of amides is 1. The molecule has 16 heavy (non-hydrogen) atoms. The van der Waals surface area contributed by atoms with Crippen LogP contribution in [-0.4, -0.2) is 39.5 Å². The minimum absolute atomic E-state index is 0.208. The van der Waals surface area contributed by atoms with E-state index in [2.05, 4.69) is 6.58 Å². The lowest BCUT2D eigenvalue weighted by Gasteiger charge is -2.05. The normalized spacial score (nSPS) is 14.5. The van der Waals surface area contributed by atoms with Crippen molar-refractivity contribution in [2.45, 2.75) is 12.8 Å². The molecule has 1 saturated heterocycles. The van der Waals surface area contributed by atoms with Crippen LogP contribution in [0.3, 0.4) is 0 Å². The third-order valence-electron chi connectivity index (χ3n) is 1.70. The summed E-state index contributed by atoms with van der Waals surface area (Å²) in [5, 5.41) is 15.6. The number of aliphatic carboxylic acids is 2. The standard InChI is InChI=1S/C6H9NO.C4H4O4/c1-2-7-5-3-4-6(7)8;5-3(6)1-2-4(7)8/h2H,1,3-5H2;1-2H,(H,5,6)(H,7,8)/b;2-1-. The van der Waals surface area contributed by atoms with Gasteiger partial charge in [0.2, 0.25) is 5.91 Å². The highest BCUT2D eigenvalue weighted by molar-refractivity contribution is 5.89. The first-order valence-corrected chi connectivity index (χ1v) is 4.53. The van der Waals surface area contributed by atoms with Crippen molar-refractivity contribution in [3.63, 3.8) is 0 Å². The van der Waals surface area contributed by atoms with Gasteiger partial charge in [0, 0.05) is 25.1 Å². The SMILES string of the molecule is C=CN1CCCC1=O.O=C(O)/C=C\C(=O)O. The van der Waals surface area contributed by atoms with Gasteiger partial charge in [-0.3, -0.25) is 4.79 Å². The van der Waals surface area contributed by atoms with Crippen molar-refractivity contribution in [3.8, 4) is 0 Å². The zero-order valence-corrected chi connectivity index (χ0v) is 8.63. The molecule has 0 spiro atoms. The van der Waals surface area contributed by atoms with Crippen molar-refractivity contribution in [3.05, 3.63) is 24.9 Å². The van der Waals surface area contributed by atoms with Gasteiger partial charge >= 0.3 is 11.9 Å². The van der Waals surface area contributed by atoms with E-state index in [1.54, 1.807) is 11.1 Å². The third kappa shape index (κ3) is 6.36. The fourth-order valence-electron chi connectivity index (χ4n) is 1.00. The molecule has 1 amide bonds. The Bertz CT molecular complexity index is 305. The van der Waals surface area contributed by atoms with E-state index in [1.165, 1.54) is 0 Å². The summed E-state index contributed by atoms with van der Waals surface area (Å²) in [5.41, 5.74) is 0. The minimum atomic E-state index is -1.26. The van der Waals surface area contributed by atoms with Crippen LogP contribution < -0.4 is 0 Å². The number of carboxylic acid groups (broad SMARTS) is 2. The number of carboxylic acids is 2. The van der Waals surface area contributed by atoms with E-state index >= 15 is 0 Å². The van der Waals surface area contributed by atoms with Gasteiger partial charge in [-0.1, -0.05) is 6.58 Å². The Morgan fingerprint density at radius 1 is 1.25 bits per heavy atom. The highest BCUT2D eigenvalue weighted by atomic mass is 16.4. The molecular formula is C10H13NO5. The maximum atomic E-state index is 10.7. The Balaban J connectivity index is 0.000000281. The molecule has 6 nitrogen and oxygen atoms in total. The van der Waals surface area contributed by atoms with Crippen LogP contribution in [0.4, 0.5) is 0 Å². The number of likely N-dealkylation sites (tertiary alicyclic amines) is 1. The quantitative estimate of drug-likeness (QED) is 0.683. The first-order chi connectivity index (χ1) is 7.47. The molecule has 0 radical (unpaired) electrons. The molecule has 88 valence electrons. The molecule has 0 unspecified atom stereocenters. The van der Waals surface area contributed by atoms with Gasteiger partial charge in [0.05, 0.1) is 0 Å². The molecule has 0 atom stereocenters. The number of hydrogen-bond donors (Lipinski definition) is 2. The van der Waals surface area contributed by atoms with E-state index in [1.807, 2.05) is 0 Å². The predicted molar refractivity (Wildman–Crippen MR) is 55.6 cm³/mol. The van der Waals surface area contributed by atoms with Gasteiger partial charge in [0.15, 0.2) is 0 Å². The summed E-state index contributed by atoms with van der Waals surface area (Å²) in [5.74, 6) is -2.31. The Kier molecular flexibility index (Phi) is 6.27. The Morgan fingerprint density at radius 2 is 1.75 bits per heavy atom. The molecule has 0 aliphatic carbocycles. The molecule has 6 heteroatoms. The van der Waals surface area contributed by atoms with E-state index < -0.39 is 11.9 Å². The monoisotopic (exact) mass is 227 g/mol. The second-order valence-corrected chi connectivity index (χ2v) is 2.88. The van der Waals surface area contributed by atoms with Gasteiger partial charge in [-0.25, -0.2) is 9.59 Å². The molecular weight excluding hydrogens is 214 g/mol. The van der Waals surface area contributed by atoms with Crippen molar-refractivity contribution in [2.24, 2.45) is 0 Å². The fraction of sp³-hybridized carbons (Fsp3) is 0.300. The van der Waals surface area contributed by atoms with E-state index in [0.29, 0.717) is 18.6 Å². The van der Waals surface area contributed by atoms with Crippen molar-refractivity contribution >= 4 is 17.8 Å². The van der Waals surface area contributed by atoms with E-state index in [4.69, 9.17) is 10.2 Å². The third-order valence-corrected chi connectivity index (χ3v) is 1.70. The maximum absolute atomic E-state index is 10.7. The van der Waals surface area contributed by atoms with Gasteiger partial charge in [0.1, 0.15) is 0 Å². The highest BCUT2D eigenvalue weighted by Gasteiger charge is 2.15. The molecule has 1 aliphatic rings. The van der Waals surface area contributed by atoms with Crippen LogP contribution in [0.2, 0.25) is 0 Å². The zero-order chi connectivity index (χ0) is 12.6. The summed E-state index contributed by atoms with van der Waals surface area (Å²) in [6.45, 7) is 4.36. The predicted octanol–water partition coefficient (Wildman–Crippen LogP) is 0.464. The van der Waals surface area contributed by atoms with Gasteiger partial charge in [-0.15, -0.1) is 0 Å². The van der Waals surface area contributed by atoms with E-state index in [9.17, 15) is 14.4 Å². The lowest BCUT2D eigenvalue weighted by molar-refractivity contribution is -0.134. The summed E-state index contributed by atoms with van der Waals surface area (Å²) in [6.07, 6.45) is 4.40. The molecule has 1 rings (SSSR count). The van der Waals surface area contributed by atoms with Crippen molar-refractivity contribution in [1.82, 2.24) is 4.90 Å². The molecule has 0 aromatic rings. The molecule has 0 bridgehead atoms. The number of nitrogens with zero attached hydrogens (tertiary/aromatic N) is 1. The minimum Gasteiger partial charge on any atom is -0.478 e. The summed E-state index contributed by atoms with van der Waals surface area (Å²) in [4.78, 5) is 31.4. The van der Waals surface area contributed by atoms with Crippen LogP contribution in [0.15, 0.2) is 24.9 Å². The smallest absolute Gasteiger partial charge is 0.328 e. The van der Waals surface area contributed by atoms with Gasteiger partial charge in [-0.2, -0.15) is 0 Å². The van der Waals surface area contributed by atoms with Crippen molar-refractivity contribution in [2.75, 3.05) is 6.54 Å². The molecule has 1 heterocycles. The number of rotatable bonds is 3. The molecule has 1 aliphatic heterocycles. The van der Waals surface area contributed by atoms with Crippen LogP contribution in [0.25, 0.3) is 0 Å². The van der Waals surface area contributed by atoms with Crippen LogP contribution in [-0.2, 0) is 14.4 Å². The summed E-state index contributed by atoms with van der Waals surface area (Å²) in [6, 6.07) is 0. The first kappa shape index (κ1) is 13.9. The van der Waals surface area contributed by atoms with Crippen LogP contribution in [0.1, 0.15) is 12.8 Å². The second-order valence-electron chi connectivity index (χ2n) is 2.88. The number of hydrogen-bond acceptors (Lipinski definition) is 3. The lowest BCUT2D eigenvalue weighted by atomic mass is 10.4. The molecule has 0 saturated carbocycles. The molecule has 1 fully saturated rings. The first-order valence-electron chi connectivity index (χ1n) is 4.53.